The quantitative estimate of drug-likeness (QED) is 0.774. The summed E-state index contributed by atoms with van der Waals surface area (Å²) in [4.78, 5) is 0. The SMILES string of the molecule is NCC1CCC(CC2CCCC(N)C2)CC1. The summed E-state index contributed by atoms with van der Waals surface area (Å²) >= 11 is 0. The fraction of sp³-hybridized carbons (Fsp3) is 1.00. The molecule has 0 aromatic rings. The second-order valence-electron chi connectivity index (χ2n) is 6.15. The Balaban J connectivity index is 1.69. The zero-order valence-corrected chi connectivity index (χ0v) is 10.5. The van der Waals surface area contributed by atoms with Crippen molar-refractivity contribution in [1.29, 1.82) is 0 Å². The molecule has 2 rings (SSSR count). The summed E-state index contributed by atoms with van der Waals surface area (Å²) < 4.78 is 0. The maximum atomic E-state index is 6.06. The van der Waals surface area contributed by atoms with Crippen LogP contribution < -0.4 is 11.5 Å². The molecule has 0 saturated heterocycles. The highest BCUT2D eigenvalue weighted by atomic mass is 14.6. The van der Waals surface area contributed by atoms with E-state index in [2.05, 4.69) is 0 Å². The Morgan fingerprint density at radius 2 is 1.50 bits per heavy atom. The Morgan fingerprint density at radius 3 is 2.12 bits per heavy atom. The topological polar surface area (TPSA) is 52.0 Å². The molecule has 2 atom stereocenters. The van der Waals surface area contributed by atoms with Gasteiger partial charge in [0.05, 0.1) is 0 Å². The molecule has 2 nitrogen and oxygen atoms in total. The van der Waals surface area contributed by atoms with Gasteiger partial charge in [0.15, 0.2) is 0 Å². The van der Waals surface area contributed by atoms with E-state index in [1.165, 1.54) is 57.8 Å². The average molecular weight is 224 g/mol. The summed E-state index contributed by atoms with van der Waals surface area (Å²) in [6.07, 6.45) is 12.4. The fourth-order valence-electron chi connectivity index (χ4n) is 3.72. The van der Waals surface area contributed by atoms with Crippen molar-refractivity contribution in [3.8, 4) is 0 Å². The molecule has 2 aliphatic rings. The normalized spacial score (nSPS) is 40.9. The second kappa shape index (κ2) is 6.02. The van der Waals surface area contributed by atoms with Gasteiger partial charge in [0.2, 0.25) is 0 Å². The monoisotopic (exact) mass is 224 g/mol. The van der Waals surface area contributed by atoms with Gasteiger partial charge in [-0.15, -0.1) is 0 Å². The molecule has 16 heavy (non-hydrogen) atoms. The first-order valence-corrected chi connectivity index (χ1v) is 7.23. The van der Waals surface area contributed by atoms with Gasteiger partial charge in [0.25, 0.3) is 0 Å². The third-order valence-electron chi connectivity index (χ3n) is 4.79. The van der Waals surface area contributed by atoms with Gasteiger partial charge in [0.1, 0.15) is 0 Å². The molecular weight excluding hydrogens is 196 g/mol. The molecule has 0 bridgehead atoms. The Kier molecular flexibility index (Phi) is 4.66. The van der Waals surface area contributed by atoms with Gasteiger partial charge in [-0.2, -0.15) is 0 Å². The van der Waals surface area contributed by atoms with Gasteiger partial charge in [0, 0.05) is 6.04 Å². The third-order valence-corrected chi connectivity index (χ3v) is 4.79. The molecule has 4 N–H and O–H groups in total. The summed E-state index contributed by atoms with van der Waals surface area (Å²) in [5.74, 6) is 2.74. The maximum absolute atomic E-state index is 6.06. The summed E-state index contributed by atoms with van der Waals surface area (Å²) in [6, 6.07) is 0.499. The molecule has 0 aliphatic heterocycles. The zero-order valence-electron chi connectivity index (χ0n) is 10.5. The van der Waals surface area contributed by atoms with Gasteiger partial charge in [-0.1, -0.05) is 25.7 Å². The van der Waals surface area contributed by atoms with Gasteiger partial charge in [-0.3, -0.25) is 0 Å². The number of hydrogen-bond donors (Lipinski definition) is 2. The first-order valence-electron chi connectivity index (χ1n) is 7.23. The van der Waals surface area contributed by atoms with Crippen LogP contribution >= 0.6 is 0 Å². The van der Waals surface area contributed by atoms with Gasteiger partial charge in [-0.05, 0) is 56.4 Å². The molecule has 0 heterocycles. The molecule has 2 saturated carbocycles. The van der Waals surface area contributed by atoms with Crippen LogP contribution in [0.4, 0.5) is 0 Å². The Morgan fingerprint density at radius 1 is 0.812 bits per heavy atom. The third kappa shape index (κ3) is 3.46. The molecule has 94 valence electrons. The van der Waals surface area contributed by atoms with Gasteiger partial charge >= 0.3 is 0 Å². The van der Waals surface area contributed by atoms with E-state index >= 15 is 0 Å². The average Bonchev–Trinajstić information content (AvgIpc) is 2.30. The molecule has 2 aliphatic carbocycles. The van der Waals surface area contributed by atoms with Crippen molar-refractivity contribution >= 4 is 0 Å². The molecular formula is C14H28N2. The van der Waals surface area contributed by atoms with E-state index in [1.807, 2.05) is 0 Å². The van der Waals surface area contributed by atoms with Crippen molar-refractivity contribution in [1.82, 2.24) is 0 Å². The lowest BCUT2D eigenvalue weighted by atomic mass is 9.74. The van der Waals surface area contributed by atoms with Crippen molar-refractivity contribution in [2.75, 3.05) is 6.54 Å². The van der Waals surface area contributed by atoms with Crippen LogP contribution in [0.5, 0.6) is 0 Å². The molecule has 0 aromatic carbocycles. The first-order chi connectivity index (χ1) is 7.78. The van der Waals surface area contributed by atoms with Crippen LogP contribution in [0.2, 0.25) is 0 Å². The van der Waals surface area contributed by atoms with Crippen molar-refractivity contribution in [2.24, 2.45) is 29.2 Å². The van der Waals surface area contributed by atoms with E-state index in [0.717, 1.165) is 24.3 Å². The van der Waals surface area contributed by atoms with Crippen LogP contribution in [0.25, 0.3) is 0 Å². The maximum Gasteiger partial charge on any atom is 0.00414 e. The minimum absolute atomic E-state index is 0.499. The predicted octanol–water partition coefficient (Wildman–Crippen LogP) is 2.66. The number of nitrogens with two attached hydrogens (primary N) is 2. The smallest absolute Gasteiger partial charge is 0.00414 e. The van der Waals surface area contributed by atoms with Crippen LogP contribution in [-0.4, -0.2) is 12.6 Å². The minimum Gasteiger partial charge on any atom is -0.330 e. The molecule has 0 radical (unpaired) electrons. The number of hydrogen-bond acceptors (Lipinski definition) is 2. The summed E-state index contributed by atoms with van der Waals surface area (Å²) in [7, 11) is 0. The standard InChI is InChI=1S/C14H28N2/c15-10-12-6-4-11(5-7-12)8-13-2-1-3-14(16)9-13/h11-14H,1-10,15-16H2. The lowest BCUT2D eigenvalue weighted by molar-refractivity contribution is 0.206. The van der Waals surface area contributed by atoms with Crippen molar-refractivity contribution in [2.45, 2.75) is 63.8 Å². The molecule has 2 unspecified atom stereocenters. The first kappa shape index (κ1) is 12.4. The predicted molar refractivity (Wildman–Crippen MR) is 69.1 cm³/mol. The van der Waals surface area contributed by atoms with Crippen LogP contribution in [0, 0.1) is 17.8 Å². The highest BCUT2D eigenvalue weighted by molar-refractivity contribution is 4.80. The fourth-order valence-corrected chi connectivity index (χ4v) is 3.72. The van der Waals surface area contributed by atoms with Crippen molar-refractivity contribution in [3.05, 3.63) is 0 Å². The van der Waals surface area contributed by atoms with E-state index in [9.17, 15) is 0 Å². The molecule has 0 spiro atoms. The van der Waals surface area contributed by atoms with Gasteiger partial charge in [-0.25, -0.2) is 0 Å². The highest BCUT2D eigenvalue weighted by Crippen LogP contribution is 2.36. The van der Waals surface area contributed by atoms with Crippen LogP contribution in [0.1, 0.15) is 57.8 Å². The summed E-state index contributed by atoms with van der Waals surface area (Å²) in [6.45, 7) is 0.904. The van der Waals surface area contributed by atoms with Crippen LogP contribution in [0.15, 0.2) is 0 Å². The van der Waals surface area contributed by atoms with E-state index in [4.69, 9.17) is 11.5 Å². The Hall–Kier alpha value is -0.0800. The van der Waals surface area contributed by atoms with E-state index < -0.39 is 0 Å². The molecule has 0 aromatic heterocycles. The van der Waals surface area contributed by atoms with Crippen molar-refractivity contribution in [3.63, 3.8) is 0 Å². The summed E-state index contributed by atoms with van der Waals surface area (Å²) in [5, 5.41) is 0. The highest BCUT2D eigenvalue weighted by Gasteiger charge is 2.25. The summed E-state index contributed by atoms with van der Waals surface area (Å²) in [5.41, 5.74) is 11.8. The van der Waals surface area contributed by atoms with E-state index in [1.54, 1.807) is 0 Å². The zero-order chi connectivity index (χ0) is 11.4. The molecule has 0 amide bonds. The lowest BCUT2D eigenvalue weighted by Crippen LogP contribution is -2.29. The lowest BCUT2D eigenvalue weighted by Gasteiger charge is -2.33. The number of rotatable bonds is 3. The molecule has 2 heteroatoms. The van der Waals surface area contributed by atoms with Crippen LogP contribution in [-0.2, 0) is 0 Å². The molecule has 2 fully saturated rings. The Bertz CT molecular complexity index is 197. The Labute approximate surface area is 100 Å². The second-order valence-corrected chi connectivity index (χ2v) is 6.15. The van der Waals surface area contributed by atoms with E-state index in [-0.39, 0.29) is 0 Å². The largest absolute Gasteiger partial charge is 0.330 e. The minimum atomic E-state index is 0.499. The van der Waals surface area contributed by atoms with Gasteiger partial charge < -0.3 is 11.5 Å². The van der Waals surface area contributed by atoms with Crippen LogP contribution in [0.3, 0.4) is 0 Å². The van der Waals surface area contributed by atoms with E-state index in [0.29, 0.717) is 6.04 Å². The van der Waals surface area contributed by atoms with Crippen molar-refractivity contribution < 1.29 is 0 Å².